The number of nitrogens with one attached hydrogen (secondary N) is 2. The topological polar surface area (TPSA) is 71.3 Å². The lowest BCUT2D eigenvalue weighted by molar-refractivity contribution is 0.399. The number of sulfonamides is 1. The van der Waals surface area contributed by atoms with E-state index in [4.69, 9.17) is 4.42 Å². The Labute approximate surface area is 102 Å². The molecule has 0 unspecified atom stereocenters. The summed E-state index contributed by atoms with van der Waals surface area (Å²) in [4.78, 5) is 0. The van der Waals surface area contributed by atoms with Crippen LogP contribution in [0.5, 0.6) is 0 Å². The highest BCUT2D eigenvalue weighted by Crippen LogP contribution is 2.36. The Morgan fingerprint density at radius 1 is 1.41 bits per heavy atom. The maximum atomic E-state index is 11.9. The molecule has 2 rings (SSSR count). The molecule has 1 saturated carbocycles. The summed E-state index contributed by atoms with van der Waals surface area (Å²) in [6.07, 6.45) is 1.77. The van der Waals surface area contributed by atoms with Gasteiger partial charge >= 0.3 is 0 Å². The highest BCUT2D eigenvalue weighted by molar-refractivity contribution is 7.89. The highest BCUT2D eigenvalue weighted by Gasteiger charge is 2.42. The van der Waals surface area contributed by atoms with Crippen LogP contribution >= 0.6 is 0 Å². The fourth-order valence-electron chi connectivity index (χ4n) is 1.51. The van der Waals surface area contributed by atoms with Crippen LogP contribution in [0.1, 0.15) is 32.4 Å². The minimum absolute atomic E-state index is 0.00136. The normalized spacial score (nSPS) is 18.2. The zero-order chi connectivity index (χ0) is 12.5. The van der Waals surface area contributed by atoms with E-state index in [0.717, 1.165) is 19.4 Å². The molecule has 1 heterocycles. The highest BCUT2D eigenvalue weighted by atomic mass is 32.2. The molecule has 1 aromatic rings. The van der Waals surface area contributed by atoms with Crippen molar-refractivity contribution in [2.45, 2.75) is 43.9 Å². The van der Waals surface area contributed by atoms with Gasteiger partial charge in [-0.3, -0.25) is 0 Å². The predicted molar refractivity (Wildman–Crippen MR) is 64.0 cm³/mol. The van der Waals surface area contributed by atoms with Gasteiger partial charge in [-0.2, -0.15) is 0 Å². The summed E-state index contributed by atoms with van der Waals surface area (Å²) in [6, 6.07) is 3.19. The molecule has 0 radical (unpaired) electrons. The molecule has 0 aliphatic heterocycles. The average Bonchev–Trinajstić information content (AvgIpc) is 2.81. The van der Waals surface area contributed by atoms with E-state index >= 15 is 0 Å². The number of furan rings is 1. The van der Waals surface area contributed by atoms with Crippen LogP contribution in [-0.4, -0.2) is 20.5 Å². The van der Waals surface area contributed by atoms with Crippen molar-refractivity contribution in [1.29, 1.82) is 0 Å². The second kappa shape index (κ2) is 4.44. The monoisotopic (exact) mass is 258 g/mol. The van der Waals surface area contributed by atoms with Crippen molar-refractivity contribution in [2.24, 2.45) is 0 Å². The summed E-state index contributed by atoms with van der Waals surface area (Å²) in [5, 5.41) is 3.08. The summed E-state index contributed by atoms with van der Waals surface area (Å²) in [5.41, 5.74) is -0.270. The van der Waals surface area contributed by atoms with Crippen molar-refractivity contribution in [3.05, 3.63) is 17.9 Å². The van der Waals surface area contributed by atoms with Crippen LogP contribution in [0, 0.1) is 0 Å². The third-order valence-corrected chi connectivity index (χ3v) is 4.34. The van der Waals surface area contributed by atoms with Gasteiger partial charge in [-0.1, -0.05) is 6.92 Å². The number of rotatable bonds is 6. The number of hydrogen-bond donors (Lipinski definition) is 2. The fourth-order valence-corrected chi connectivity index (χ4v) is 2.93. The smallest absolute Gasteiger partial charge is 0.274 e. The van der Waals surface area contributed by atoms with Crippen LogP contribution in [0.4, 0.5) is 0 Å². The van der Waals surface area contributed by atoms with Crippen LogP contribution < -0.4 is 10.0 Å². The van der Waals surface area contributed by atoms with Crippen LogP contribution in [0.15, 0.2) is 21.6 Å². The van der Waals surface area contributed by atoms with Gasteiger partial charge in [0.2, 0.25) is 5.09 Å². The van der Waals surface area contributed by atoms with Crippen molar-refractivity contribution < 1.29 is 12.8 Å². The lowest BCUT2D eigenvalue weighted by atomic mass is 10.4. The molecule has 0 amide bonds. The third-order valence-electron chi connectivity index (χ3n) is 2.83. The van der Waals surface area contributed by atoms with Gasteiger partial charge in [0.15, 0.2) is 0 Å². The van der Waals surface area contributed by atoms with Gasteiger partial charge in [-0.05, 0) is 38.4 Å². The standard InChI is InChI=1S/C11H18N2O3S/c1-3-12-8-9-4-5-10(16-9)17(14,15)13-11(2)6-7-11/h4-5,12-13H,3,6-8H2,1-2H3. The SMILES string of the molecule is CCNCc1ccc(S(=O)(=O)NC2(C)CC2)o1. The first-order valence-corrected chi connectivity index (χ1v) is 7.27. The molecule has 2 N–H and O–H groups in total. The maximum Gasteiger partial charge on any atom is 0.274 e. The lowest BCUT2D eigenvalue weighted by Gasteiger charge is -2.09. The van der Waals surface area contributed by atoms with E-state index in [1.807, 2.05) is 13.8 Å². The van der Waals surface area contributed by atoms with Crippen LogP contribution in [0.3, 0.4) is 0 Å². The Morgan fingerprint density at radius 3 is 2.71 bits per heavy atom. The lowest BCUT2D eigenvalue weighted by Crippen LogP contribution is -2.33. The summed E-state index contributed by atoms with van der Waals surface area (Å²) in [7, 11) is -3.50. The molecule has 17 heavy (non-hydrogen) atoms. The summed E-state index contributed by atoms with van der Waals surface area (Å²) in [6.45, 7) is 5.24. The molecule has 1 aliphatic rings. The molecule has 6 heteroatoms. The minimum Gasteiger partial charge on any atom is -0.447 e. The van der Waals surface area contributed by atoms with Crippen LogP contribution in [0.2, 0.25) is 0 Å². The van der Waals surface area contributed by atoms with E-state index in [9.17, 15) is 8.42 Å². The van der Waals surface area contributed by atoms with E-state index in [1.165, 1.54) is 6.07 Å². The van der Waals surface area contributed by atoms with Crippen molar-refractivity contribution in [1.82, 2.24) is 10.0 Å². The second-order valence-corrected chi connectivity index (χ2v) is 6.28. The van der Waals surface area contributed by atoms with Gasteiger partial charge < -0.3 is 9.73 Å². The largest absolute Gasteiger partial charge is 0.447 e. The quantitative estimate of drug-likeness (QED) is 0.805. The Kier molecular flexibility index (Phi) is 3.29. The fraction of sp³-hybridized carbons (Fsp3) is 0.636. The van der Waals surface area contributed by atoms with Gasteiger partial charge in [0.05, 0.1) is 6.54 Å². The molecule has 0 aromatic carbocycles. The maximum absolute atomic E-state index is 11.9. The summed E-state index contributed by atoms with van der Waals surface area (Å²) >= 11 is 0. The van der Waals surface area contributed by atoms with Crippen molar-refractivity contribution in [3.8, 4) is 0 Å². The Balaban J connectivity index is 2.08. The molecule has 1 aromatic heterocycles. The van der Waals surface area contributed by atoms with Crippen molar-refractivity contribution in [3.63, 3.8) is 0 Å². The van der Waals surface area contributed by atoms with Crippen molar-refractivity contribution in [2.75, 3.05) is 6.54 Å². The zero-order valence-electron chi connectivity index (χ0n) is 10.1. The van der Waals surface area contributed by atoms with Gasteiger partial charge in [-0.25, -0.2) is 13.1 Å². The van der Waals surface area contributed by atoms with E-state index in [0.29, 0.717) is 12.3 Å². The average molecular weight is 258 g/mol. The minimum atomic E-state index is -3.50. The van der Waals surface area contributed by atoms with E-state index in [-0.39, 0.29) is 10.6 Å². The third kappa shape index (κ3) is 3.08. The molecule has 1 aliphatic carbocycles. The number of hydrogen-bond acceptors (Lipinski definition) is 4. The first-order valence-electron chi connectivity index (χ1n) is 5.79. The van der Waals surface area contributed by atoms with Gasteiger partial charge in [-0.15, -0.1) is 0 Å². The summed E-state index contributed by atoms with van der Waals surface area (Å²) in [5.74, 6) is 0.633. The van der Waals surface area contributed by atoms with E-state index < -0.39 is 10.0 Å². The second-order valence-electron chi connectivity index (χ2n) is 4.67. The van der Waals surface area contributed by atoms with Crippen molar-refractivity contribution >= 4 is 10.0 Å². The predicted octanol–water partition coefficient (Wildman–Crippen LogP) is 1.22. The first kappa shape index (κ1) is 12.6. The van der Waals surface area contributed by atoms with Crippen LogP contribution in [0.25, 0.3) is 0 Å². The molecule has 0 bridgehead atoms. The van der Waals surface area contributed by atoms with Crippen LogP contribution in [-0.2, 0) is 16.6 Å². The first-order chi connectivity index (χ1) is 7.95. The molecule has 96 valence electrons. The molecule has 0 atom stereocenters. The molecule has 0 saturated heterocycles. The molecule has 5 nitrogen and oxygen atoms in total. The van der Waals surface area contributed by atoms with E-state index in [1.54, 1.807) is 6.07 Å². The van der Waals surface area contributed by atoms with Gasteiger partial charge in [0.1, 0.15) is 5.76 Å². The van der Waals surface area contributed by atoms with E-state index in [2.05, 4.69) is 10.0 Å². The van der Waals surface area contributed by atoms with Gasteiger partial charge in [0.25, 0.3) is 10.0 Å². The Morgan fingerprint density at radius 2 is 2.12 bits per heavy atom. The molecular formula is C11H18N2O3S. The summed E-state index contributed by atoms with van der Waals surface area (Å²) < 4.78 is 31.9. The molecule has 0 spiro atoms. The molecular weight excluding hydrogens is 240 g/mol. The Hall–Kier alpha value is -0.850. The Bertz CT molecular complexity index is 489. The zero-order valence-corrected chi connectivity index (χ0v) is 10.9. The molecule has 1 fully saturated rings. The van der Waals surface area contributed by atoms with Gasteiger partial charge in [0, 0.05) is 5.54 Å².